The van der Waals surface area contributed by atoms with Crippen molar-refractivity contribution in [1.82, 2.24) is 10.4 Å². The van der Waals surface area contributed by atoms with Crippen molar-refractivity contribution in [3.05, 3.63) is 23.5 Å². The maximum atomic E-state index is 11.3. The fraction of sp³-hybridized carbons (Fsp3) is 0.455. The standard InChI is InChI=1S/C11H16N4O/c1-7(2)15-4-3-8-5-9(11(16)14-12)13-6-10(8)15/h5-7H,3-4,12H2,1-2H3,(H,14,16). The molecule has 86 valence electrons. The first kappa shape index (κ1) is 10.9. The molecular formula is C11H16N4O. The molecule has 5 heteroatoms. The molecule has 0 bridgehead atoms. The van der Waals surface area contributed by atoms with E-state index in [2.05, 4.69) is 29.2 Å². The number of nitrogens with zero attached hydrogens (tertiary/aromatic N) is 2. The Hall–Kier alpha value is -1.62. The number of fused-ring (bicyclic) bond motifs is 1. The number of hydrazine groups is 1. The van der Waals surface area contributed by atoms with E-state index in [1.807, 2.05) is 6.07 Å². The van der Waals surface area contributed by atoms with Crippen LogP contribution in [-0.4, -0.2) is 23.5 Å². The van der Waals surface area contributed by atoms with Crippen LogP contribution in [0.5, 0.6) is 0 Å². The molecule has 1 aliphatic rings. The van der Waals surface area contributed by atoms with Crippen molar-refractivity contribution in [2.45, 2.75) is 26.3 Å². The predicted molar refractivity (Wildman–Crippen MR) is 62.1 cm³/mol. The van der Waals surface area contributed by atoms with Gasteiger partial charge in [0.05, 0.1) is 11.9 Å². The van der Waals surface area contributed by atoms with Crippen molar-refractivity contribution < 1.29 is 4.79 Å². The van der Waals surface area contributed by atoms with Crippen LogP contribution < -0.4 is 16.2 Å². The first-order valence-corrected chi connectivity index (χ1v) is 5.40. The summed E-state index contributed by atoms with van der Waals surface area (Å²) in [6.07, 6.45) is 2.72. The summed E-state index contributed by atoms with van der Waals surface area (Å²) in [7, 11) is 0. The van der Waals surface area contributed by atoms with Crippen molar-refractivity contribution in [3.8, 4) is 0 Å². The molecule has 0 saturated heterocycles. The van der Waals surface area contributed by atoms with E-state index in [4.69, 9.17) is 5.84 Å². The summed E-state index contributed by atoms with van der Waals surface area (Å²) in [5.74, 6) is 4.73. The summed E-state index contributed by atoms with van der Waals surface area (Å²) < 4.78 is 0. The number of aromatic nitrogens is 1. The van der Waals surface area contributed by atoms with Crippen LogP contribution in [0.2, 0.25) is 0 Å². The minimum atomic E-state index is -0.342. The summed E-state index contributed by atoms with van der Waals surface area (Å²) in [6, 6.07) is 2.28. The molecule has 2 rings (SSSR count). The van der Waals surface area contributed by atoms with Gasteiger partial charge in [0.15, 0.2) is 0 Å². The molecule has 1 amide bonds. The Morgan fingerprint density at radius 2 is 2.38 bits per heavy atom. The highest BCUT2D eigenvalue weighted by Gasteiger charge is 2.22. The van der Waals surface area contributed by atoms with Crippen LogP contribution >= 0.6 is 0 Å². The van der Waals surface area contributed by atoms with Gasteiger partial charge in [-0.3, -0.25) is 10.2 Å². The Kier molecular flexibility index (Phi) is 2.78. The maximum Gasteiger partial charge on any atom is 0.283 e. The van der Waals surface area contributed by atoms with Gasteiger partial charge in [-0.1, -0.05) is 0 Å². The zero-order valence-electron chi connectivity index (χ0n) is 9.53. The molecule has 1 aliphatic heterocycles. The normalized spacial score (nSPS) is 14.1. The maximum absolute atomic E-state index is 11.3. The number of hydrogen-bond acceptors (Lipinski definition) is 4. The lowest BCUT2D eigenvalue weighted by molar-refractivity contribution is 0.0948. The number of hydrogen-bond donors (Lipinski definition) is 2. The molecule has 1 aromatic heterocycles. The number of anilines is 1. The third-order valence-electron chi connectivity index (χ3n) is 2.88. The molecule has 3 N–H and O–H groups in total. The quantitative estimate of drug-likeness (QED) is 0.431. The smallest absolute Gasteiger partial charge is 0.283 e. The van der Waals surface area contributed by atoms with E-state index < -0.39 is 0 Å². The van der Waals surface area contributed by atoms with Gasteiger partial charge in [0.1, 0.15) is 5.69 Å². The zero-order chi connectivity index (χ0) is 11.7. The SMILES string of the molecule is CC(C)N1CCc2cc(C(=O)NN)ncc21. The van der Waals surface area contributed by atoms with E-state index in [0.29, 0.717) is 11.7 Å². The van der Waals surface area contributed by atoms with Crippen molar-refractivity contribution in [3.63, 3.8) is 0 Å². The molecule has 0 unspecified atom stereocenters. The number of pyridine rings is 1. The minimum Gasteiger partial charge on any atom is -0.367 e. The van der Waals surface area contributed by atoms with Gasteiger partial charge in [-0.05, 0) is 31.9 Å². The molecule has 0 aromatic carbocycles. The first-order chi connectivity index (χ1) is 7.63. The molecule has 0 aliphatic carbocycles. The average molecular weight is 220 g/mol. The van der Waals surface area contributed by atoms with Crippen LogP contribution in [0.3, 0.4) is 0 Å². The van der Waals surface area contributed by atoms with Gasteiger partial charge < -0.3 is 4.90 Å². The van der Waals surface area contributed by atoms with Gasteiger partial charge in [-0.2, -0.15) is 0 Å². The number of nitrogens with two attached hydrogens (primary N) is 1. The Balaban J connectivity index is 2.33. The van der Waals surface area contributed by atoms with E-state index in [9.17, 15) is 4.79 Å². The molecule has 0 saturated carbocycles. The fourth-order valence-electron chi connectivity index (χ4n) is 2.04. The number of nitrogens with one attached hydrogen (secondary N) is 1. The molecule has 0 fully saturated rings. The average Bonchev–Trinajstić information content (AvgIpc) is 2.70. The lowest BCUT2D eigenvalue weighted by Crippen LogP contribution is -2.31. The van der Waals surface area contributed by atoms with Crippen molar-refractivity contribution >= 4 is 11.6 Å². The summed E-state index contributed by atoms with van der Waals surface area (Å²) in [5, 5.41) is 0. The lowest BCUT2D eigenvalue weighted by atomic mass is 10.2. The van der Waals surface area contributed by atoms with Crippen LogP contribution in [0.4, 0.5) is 5.69 Å². The van der Waals surface area contributed by atoms with E-state index in [1.54, 1.807) is 6.20 Å². The summed E-state index contributed by atoms with van der Waals surface area (Å²) in [4.78, 5) is 17.7. The molecule has 1 aromatic rings. The third-order valence-corrected chi connectivity index (χ3v) is 2.88. The van der Waals surface area contributed by atoms with Crippen molar-refractivity contribution in [1.29, 1.82) is 0 Å². The summed E-state index contributed by atoms with van der Waals surface area (Å²) >= 11 is 0. The second kappa shape index (κ2) is 4.09. The second-order valence-corrected chi connectivity index (χ2v) is 4.21. The number of amides is 1. The predicted octanol–water partition coefficient (Wildman–Crippen LogP) is 0.456. The third kappa shape index (κ3) is 1.74. The van der Waals surface area contributed by atoms with Crippen LogP contribution in [-0.2, 0) is 6.42 Å². The number of carbonyl (C=O) groups excluding carboxylic acids is 1. The Bertz CT molecular complexity index is 416. The number of nitrogen functional groups attached to an aromatic ring is 1. The van der Waals surface area contributed by atoms with Gasteiger partial charge in [-0.25, -0.2) is 10.8 Å². The second-order valence-electron chi connectivity index (χ2n) is 4.21. The monoisotopic (exact) mass is 220 g/mol. The highest BCUT2D eigenvalue weighted by molar-refractivity contribution is 5.92. The number of carbonyl (C=O) groups is 1. The molecule has 16 heavy (non-hydrogen) atoms. The lowest BCUT2D eigenvalue weighted by Gasteiger charge is -2.23. The summed E-state index contributed by atoms with van der Waals surface area (Å²) in [6.45, 7) is 5.29. The van der Waals surface area contributed by atoms with E-state index in [1.165, 1.54) is 5.56 Å². The molecular weight excluding hydrogens is 204 g/mol. The number of rotatable bonds is 2. The van der Waals surface area contributed by atoms with Gasteiger partial charge in [0.25, 0.3) is 5.91 Å². The molecule has 2 heterocycles. The highest BCUT2D eigenvalue weighted by Crippen LogP contribution is 2.29. The van der Waals surface area contributed by atoms with Crippen molar-refractivity contribution in [2.24, 2.45) is 5.84 Å². The van der Waals surface area contributed by atoms with Gasteiger partial charge in [0.2, 0.25) is 0 Å². The van der Waals surface area contributed by atoms with Crippen LogP contribution in [0.1, 0.15) is 29.9 Å². The molecule has 0 radical (unpaired) electrons. The van der Waals surface area contributed by atoms with Crippen LogP contribution in [0.15, 0.2) is 12.3 Å². The largest absolute Gasteiger partial charge is 0.367 e. The van der Waals surface area contributed by atoms with E-state index >= 15 is 0 Å². The van der Waals surface area contributed by atoms with Gasteiger partial charge in [-0.15, -0.1) is 0 Å². The fourth-order valence-corrected chi connectivity index (χ4v) is 2.04. The zero-order valence-corrected chi connectivity index (χ0v) is 9.53. The van der Waals surface area contributed by atoms with Crippen molar-refractivity contribution in [2.75, 3.05) is 11.4 Å². The minimum absolute atomic E-state index is 0.342. The van der Waals surface area contributed by atoms with Gasteiger partial charge in [0, 0.05) is 12.6 Å². The van der Waals surface area contributed by atoms with E-state index in [0.717, 1.165) is 18.7 Å². The first-order valence-electron chi connectivity index (χ1n) is 5.40. The summed E-state index contributed by atoms with van der Waals surface area (Å²) in [5.41, 5.74) is 4.77. The molecule has 0 atom stereocenters. The Morgan fingerprint density at radius 3 is 3.00 bits per heavy atom. The Labute approximate surface area is 94.6 Å². The van der Waals surface area contributed by atoms with E-state index in [-0.39, 0.29) is 5.91 Å². The topological polar surface area (TPSA) is 71.2 Å². The van der Waals surface area contributed by atoms with Gasteiger partial charge >= 0.3 is 0 Å². The molecule has 5 nitrogen and oxygen atoms in total. The molecule has 0 spiro atoms. The Morgan fingerprint density at radius 1 is 1.62 bits per heavy atom. The van der Waals surface area contributed by atoms with Crippen LogP contribution in [0, 0.1) is 0 Å². The highest BCUT2D eigenvalue weighted by atomic mass is 16.2. The van der Waals surface area contributed by atoms with Crippen LogP contribution in [0.25, 0.3) is 0 Å².